The largest absolute Gasteiger partial charge is 0.460 e. The second-order valence-corrected chi connectivity index (χ2v) is 7.64. The number of hydrogen-bond acceptors (Lipinski definition) is 4. The Morgan fingerprint density at radius 3 is 2.13 bits per heavy atom. The highest BCUT2D eigenvalue weighted by Crippen LogP contribution is 2.20. The molecule has 2 heterocycles. The van der Waals surface area contributed by atoms with Crippen LogP contribution in [0.15, 0.2) is 58.1 Å². The molecule has 0 aliphatic carbocycles. The molecule has 0 saturated carbocycles. The molecule has 0 bridgehead atoms. The summed E-state index contributed by atoms with van der Waals surface area (Å²) in [5.41, 5.74) is 1.03. The zero-order valence-corrected chi connectivity index (χ0v) is 17.8. The van der Waals surface area contributed by atoms with Crippen LogP contribution in [0.25, 0.3) is 11.2 Å². The van der Waals surface area contributed by atoms with Gasteiger partial charge >= 0.3 is 5.69 Å². The Morgan fingerprint density at radius 1 is 0.900 bits per heavy atom. The number of ether oxygens (including phenoxy) is 1. The molecule has 0 atom stereocenters. The van der Waals surface area contributed by atoms with Gasteiger partial charge in [0, 0.05) is 29.7 Å². The SMILES string of the molecule is Cn1c(OCc2ccccc2Cl)nc2c1c(=O)n(Cc1ccccc1Cl)c(=O)n2C. The maximum Gasteiger partial charge on any atom is 0.332 e. The molecule has 30 heavy (non-hydrogen) atoms. The van der Waals surface area contributed by atoms with Crippen molar-refractivity contribution in [2.75, 3.05) is 0 Å². The lowest BCUT2D eigenvalue weighted by Crippen LogP contribution is -2.39. The van der Waals surface area contributed by atoms with Gasteiger partial charge in [-0.3, -0.25) is 18.5 Å². The van der Waals surface area contributed by atoms with Gasteiger partial charge in [0.2, 0.25) is 0 Å². The molecule has 0 aliphatic rings. The fraction of sp³-hybridized carbons (Fsp3) is 0.190. The normalized spacial score (nSPS) is 11.2. The molecule has 0 spiro atoms. The van der Waals surface area contributed by atoms with Gasteiger partial charge in [0.05, 0.1) is 6.54 Å². The lowest BCUT2D eigenvalue weighted by molar-refractivity contribution is 0.273. The van der Waals surface area contributed by atoms with Crippen LogP contribution in [0.4, 0.5) is 0 Å². The van der Waals surface area contributed by atoms with E-state index in [4.69, 9.17) is 27.9 Å². The van der Waals surface area contributed by atoms with Crippen LogP contribution in [-0.2, 0) is 27.2 Å². The van der Waals surface area contributed by atoms with Gasteiger partial charge in [-0.15, -0.1) is 0 Å². The van der Waals surface area contributed by atoms with Crippen LogP contribution in [0.5, 0.6) is 6.01 Å². The highest BCUT2D eigenvalue weighted by atomic mass is 35.5. The van der Waals surface area contributed by atoms with Crippen molar-refractivity contribution >= 4 is 34.4 Å². The summed E-state index contributed by atoms with van der Waals surface area (Å²) < 4.78 is 9.81. The van der Waals surface area contributed by atoms with Crippen molar-refractivity contribution in [3.8, 4) is 6.01 Å². The first-order chi connectivity index (χ1) is 14.4. The number of aryl methyl sites for hydroxylation is 2. The third kappa shape index (κ3) is 3.51. The fourth-order valence-electron chi connectivity index (χ4n) is 3.25. The van der Waals surface area contributed by atoms with Gasteiger partial charge in [0.25, 0.3) is 11.6 Å². The smallest absolute Gasteiger partial charge is 0.332 e. The highest BCUT2D eigenvalue weighted by Gasteiger charge is 2.20. The summed E-state index contributed by atoms with van der Waals surface area (Å²) in [5, 5.41) is 1.06. The molecule has 0 unspecified atom stereocenters. The number of fused-ring (bicyclic) bond motifs is 1. The van der Waals surface area contributed by atoms with Gasteiger partial charge in [-0.1, -0.05) is 59.6 Å². The first-order valence-corrected chi connectivity index (χ1v) is 9.90. The van der Waals surface area contributed by atoms with Gasteiger partial charge < -0.3 is 4.74 Å². The molecule has 9 heteroatoms. The summed E-state index contributed by atoms with van der Waals surface area (Å²) >= 11 is 12.4. The molecule has 0 amide bonds. The van der Waals surface area contributed by atoms with Crippen LogP contribution in [0.2, 0.25) is 10.0 Å². The van der Waals surface area contributed by atoms with Crippen LogP contribution in [0.1, 0.15) is 11.1 Å². The van der Waals surface area contributed by atoms with Gasteiger partial charge in [0.15, 0.2) is 11.2 Å². The Kier molecular flexibility index (Phi) is 5.40. The standard InChI is InChI=1S/C21H18Cl2N4O3/c1-25-17-18(24-20(25)30-12-14-8-4-6-10-16(14)23)26(2)21(29)27(19(17)28)11-13-7-3-5-9-15(13)22/h3-10H,11-12H2,1-2H3. The van der Waals surface area contributed by atoms with E-state index in [0.29, 0.717) is 15.6 Å². The Labute approximate surface area is 181 Å². The van der Waals surface area contributed by atoms with Crippen molar-refractivity contribution in [1.82, 2.24) is 18.7 Å². The van der Waals surface area contributed by atoms with Crippen LogP contribution >= 0.6 is 23.2 Å². The lowest BCUT2D eigenvalue weighted by Gasteiger charge is -2.10. The highest BCUT2D eigenvalue weighted by molar-refractivity contribution is 6.31. The molecule has 4 rings (SSSR count). The maximum atomic E-state index is 13.1. The molecule has 0 saturated heterocycles. The summed E-state index contributed by atoms with van der Waals surface area (Å²) in [7, 11) is 3.24. The van der Waals surface area contributed by atoms with Gasteiger partial charge in [-0.2, -0.15) is 4.98 Å². The van der Waals surface area contributed by atoms with Crippen LogP contribution < -0.4 is 16.0 Å². The van der Waals surface area contributed by atoms with Crippen molar-refractivity contribution in [2.45, 2.75) is 13.2 Å². The average Bonchev–Trinajstić information content (AvgIpc) is 3.07. The van der Waals surface area contributed by atoms with E-state index >= 15 is 0 Å². The van der Waals surface area contributed by atoms with E-state index in [-0.39, 0.29) is 30.3 Å². The zero-order chi connectivity index (χ0) is 21.4. The van der Waals surface area contributed by atoms with Crippen molar-refractivity contribution in [3.05, 3.63) is 90.5 Å². The van der Waals surface area contributed by atoms with E-state index in [1.807, 2.05) is 18.2 Å². The van der Waals surface area contributed by atoms with Crippen molar-refractivity contribution in [3.63, 3.8) is 0 Å². The topological polar surface area (TPSA) is 71.1 Å². The number of benzene rings is 2. The second kappa shape index (κ2) is 8.01. The van der Waals surface area contributed by atoms with E-state index in [9.17, 15) is 9.59 Å². The molecule has 0 fully saturated rings. The molecule has 0 N–H and O–H groups in total. The number of imidazole rings is 1. The molecule has 4 aromatic rings. The molecule has 0 radical (unpaired) electrons. The number of halogens is 2. The third-order valence-corrected chi connectivity index (χ3v) is 5.66. The van der Waals surface area contributed by atoms with E-state index in [1.165, 1.54) is 9.13 Å². The Balaban J connectivity index is 1.78. The first-order valence-electron chi connectivity index (χ1n) is 9.14. The Bertz CT molecular complexity index is 1370. The predicted octanol–water partition coefficient (Wildman–Crippen LogP) is 3.37. The van der Waals surface area contributed by atoms with Crippen LogP contribution in [-0.4, -0.2) is 18.7 Å². The van der Waals surface area contributed by atoms with Gasteiger partial charge in [-0.05, 0) is 17.7 Å². The lowest BCUT2D eigenvalue weighted by atomic mass is 10.2. The van der Waals surface area contributed by atoms with Crippen LogP contribution in [0, 0.1) is 0 Å². The van der Waals surface area contributed by atoms with E-state index in [1.54, 1.807) is 44.4 Å². The first kappa shape index (κ1) is 20.3. The third-order valence-electron chi connectivity index (χ3n) is 4.92. The van der Waals surface area contributed by atoms with Crippen molar-refractivity contribution < 1.29 is 4.74 Å². The summed E-state index contributed by atoms with van der Waals surface area (Å²) in [6, 6.07) is 14.6. The molecule has 2 aromatic carbocycles. The molecule has 154 valence electrons. The molecular weight excluding hydrogens is 427 g/mol. The molecule has 2 aromatic heterocycles. The number of aromatic nitrogens is 4. The zero-order valence-electron chi connectivity index (χ0n) is 16.3. The second-order valence-electron chi connectivity index (χ2n) is 6.83. The fourth-order valence-corrected chi connectivity index (χ4v) is 3.63. The summed E-state index contributed by atoms with van der Waals surface area (Å²) in [4.78, 5) is 30.4. The minimum Gasteiger partial charge on any atom is -0.460 e. The van der Waals surface area contributed by atoms with Crippen molar-refractivity contribution in [1.29, 1.82) is 0 Å². The molecular formula is C21H18Cl2N4O3. The average molecular weight is 445 g/mol. The Morgan fingerprint density at radius 2 is 1.50 bits per heavy atom. The minimum absolute atomic E-state index is 0.0577. The quantitative estimate of drug-likeness (QED) is 0.473. The maximum absolute atomic E-state index is 13.1. The number of hydrogen-bond donors (Lipinski definition) is 0. The molecule has 7 nitrogen and oxygen atoms in total. The number of nitrogens with zero attached hydrogens (tertiary/aromatic N) is 4. The summed E-state index contributed by atoms with van der Waals surface area (Å²) in [6.07, 6.45) is 0. The van der Waals surface area contributed by atoms with E-state index in [2.05, 4.69) is 4.98 Å². The van der Waals surface area contributed by atoms with Crippen molar-refractivity contribution in [2.24, 2.45) is 14.1 Å². The molecule has 0 aliphatic heterocycles. The Hall–Kier alpha value is -3.03. The van der Waals surface area contributed by atoms with E-state index < -0.39 is 11.2 Å². The van der Waals surface area contributed by atoms with E-state index in [0.717, 1.165) is 10.1 Å². The monoisotopic (exact) mass is 444 g/mol. The summed E-state index contributed by atoms with van der Waals surface area (Å²) in [5.74, 6) is 0. The predicted molar refractivity (Wildman–Crippen MR) is 117 cm³/mol. The van der Waals surface area contributed by atoms with Gasteiger partial charge in [0.1, 0.15) is 6.61 Å². The minimum atomic E-state index is -0.483. The van der Waals surface area contributed by atoms with Gasteiger partial charge in [-0.25, -0.2) is 4.79 Å². The number of rotatable bonds is 5. The summed E-state index contributed by atoms with van der Waals surface area (Å²) in [6.45, 7) is 0.237. The van der Waals surface area contributed by atoms with Crippen LogP contribution in [0.3, 0.4) is 0 Å².